The highest BCUT2D eigenvalue weighted by molar-refractivity contribution is 5.91. The Labute approximate surface area is 88.9 Å². The van der Waals surface area contributed by atoms with Crippen LogP contribution in [-0.4, -0.2) is 10.9 Å². The molecule has 0 saturated heterocycles. The maximum Gasteiger partial charge on any atom is 0.141 e. The zero-order valence-electron chi connectivity index (χ0n) is 8.57. The van der Waals surface area contributed by atoms with Crippen molar-refractivity contribution in [3.8, 4) is 5.75 Å². The Morgan fingerprint density at radius 1 is 1.27 bits per heavy atom. The van der Waals surface area contributed by atoms with Gasteiger partial charge in [0.2, 0.25) is 0 Å². The molecule has 1 N–H and O–H groups in total. The summed E-state index contributed by atoms with van der Waals surface area (Å²) in [6.07, 6.45) is 3.95. The summed E-state index contributed by atoms with van der Waals surface area (Å²) in [4.78, 5) is 11.9. The highest BCUT2D eigenvalue weighted by Gasteiger charge is 2.44. The van der Waals surface area contributed by atoms with E-state index in [9.17, 15) is 9.90 Å². The first-order valence-corrected chi connectivity index (χ1v) is 5.63. The van der Waals surface area contributed by atoms with E-state index in [0.717, 1.165) is 24.8 Å². The van der Waals surface area contributed by atoms with E-state index in [1.54, 1.807) is 6.07 Å². The first-order valence-electron chi connectivity index (χ1n) is 5.63. The van der Waals surface area contributed by atoms with Crippen molar-refractivity contribution in [3.63, 3.8) is 0 Å². The molecule has 1 fully saturated rings. The Morgan fingerprint density at radius 3 is 3.00 bits per heavy atom. The molecule has 0 spiro atoms. The average molecular weight is 202 g/mol. The van der Waals surface area contributed by atoms with Crippen molar-refractivity contribution in [3.05, 3.63) is 29.3 Å². The third-order valence-electron chi connectivity index (χ3n) is 3.76. The maximum atomic E-state index is 11.9. The summed E-state index contributed by atoms with van der Waals surface area (Å²) in [6.45, 7) is 0. The first kappa shape index (κ1) is 8.96. The van der Waals surface area contributed by atoms with Crippen molar-refractivity contribution in [1.29, 1.82) is 0 Å². The Kier molecular flexibility index (Phi) is 1.84. The predicted molar refractivity (Wildman–Crippen MR) is 57.1 cm³/mol. The van der Waals surface area contributed by atoms with Gasteiger partial charge in [-0.05, 0) is 30.4 Å². The van der Waals surface area contributed by atoms with Crippen molar-refractivity contribution in [2.24, 2.45) is 0 Å². The van der Waals surface area contributed by atoms with E-state index < -0.39 is 0 Å². The number of carbonyl (C=O) groups is 1. The Balaban J connectivity index is 2.09. The Morgan fingerprint density at radius 2 is 2.13 bits per heavy atom. The number of benzene rings is 1. The molecule has 0 bridgehead atoms. The highest BCUT2D eigenvalue weighted by Crippen LogP contribution is 2.54. The monoisotopic (exact) mass is 202 g/mol. The molecule has 78 valence electrons. The van der Waals surface area contributed by atoms with Crippen LogP contribution in [0.2, 0.25) is 0 Å². The largest absolute Gasteiger partial charge is 0.508 e. The number of aromatic hydroxyl groups is 1. The molecule has 2 atom stereocenters. The lowest BCUT2D eigenvalue weighted by Gasteiger charge is -2.37. The van der Waals surface area contributed by atoms with Crippen LogP contribution in [0.25, 0.3) is 0 Å². The molecule has 2 nitrogen and oxygen atoms in total. The summed E-state index contributed by atoms with van der Waals surface area (Å²) in [5.41, 5.74) is 2.12. The molecule has 0 radical (unpaired) electrons. The van der Waals surface area contributed by atoms with Gasteiger partial charge in [-0.3, -0.25) is 4.79 Å². The molecule has 0 aromatic heterocycles. The normalized spacial score (nSPS) is 28.7. The van der Waals surface area contributed by atoms with Crippen LogP contribution in [-0.2, 0) is 4.79 Å². The number of hydrogen-bond donors (Lipinski definition) is 1. The quantitative estimate of drug-likeness (QED) is 0.702. The van der Waals surface area contributed by atoms with Gasteiger partial charge < -0.3 is 5.11 Å². The van der Waals surface area contributed by atoms with Crippen molar-refractivity contribution in [1.82, 2.24) is 0 Å². The van der Waals surface area contributed by atoms with Crippen molar-refractivity contribution in [2.45, 2.75) is 37.5 Å². The predicted octanol–water partition coefficient (Wildman–Crippen LogP) is 2.72. The number of fused-ring (bicyclic) bond motifs is 4. The second-order valence-corrected chi connectivity index (χ2v) is 4.58. The van der Waals surface area contributed by atoms with Crippen LogP contribution in [0.5, 0.6) is 5.75 Å². The van der Waals surface area contributed by atoms with E-state index in [2.05, 4.69) is 6.07 Å². The molecule has 0 aliphatic heterocycles. The fourth-order valence-electron chi connectivity index (χ4n) is 3.04. The lowest BCUT2D eigenvalue weighted by atomic mass is 9.65. The van der Waals surface area contributed by atoms with Crippen LogP contribution in [0.4, 0.5) is 0 Å². The van der Waals surface area contributed by atoms with Gasteiger partial charge in [-0.2, -0.15) is 0 Å². The standard InChI is InChI=1S/C13H14O2/c14-10-6-2-1-4-8-9-5-3-7-11(15)13(9)12(8)10/h3,5,7-8,12,15H,1-2,4,6H2. The topological polar surface area (TPSA) is 37.3 Å². The molecular weight excluding hydrogens is 188 g/mol. The minimum atomic E-state index is 0.00343. The molecule has 1 aromatic carbocycles. The Bertz CT molecular complexity index is 423. The van der Waals surface area contributed by atoms with Gasteiger partial charge in [0, 0.05) is 12.0 Å². The SMILES string of the molecule is O=C1CCCCC2c3cccc(O)c3C12. The fraction of sp³-hybridized carbons (Fsp3) is 0.462. The van der Waals surface area contributed by atoms with Crippen molar-refractivity contribution >= 4 is 5.78 Å². The summed E-state index contributed by atoms with van der Waals surface area (Å²) in [6, 6.07) is 5.61. The van der Waals surface area contributed by atoms with Gasteiger partial charge in [0.15, 0.2) is 0 Å². The van der Waals surface area contributed by atoms with E-state index in [-0.39, 0.29) is 5.92 Å². The van der Waals surface area contributed by atoms with Gasteiger partial charge in [-0.25, -0.2) is 0 Å². The van der Waals surface area contributed by atoms with Crippen LogP contribution in [0, 0.1) is 0 Å². The number of phenolic OH excluding ortho intramolecular Hbond substituents is 1. The van der Waals surface area contributed by atoms with Crippen LogP contribution >= 0.6 is 0 Å². The average Bonchev–Trinajstić information content (AvgIpc) is 2.34. The van der Waals surface area contributed by atoms with Crippen LogP contribution in [0.3, 0.4) is 0 Å². The zero-order valence-corrected chi connectivity index (χ0v) is 8.57. The molecule has 2 aliphatic carbocycles. The lowest BCUT2D eigenvalue weighted by Crippen LogP contribution is -2.29. The van der Waals surface area contributed by atoms with Crippen molar-refractivity contribution in [2.75, 3.05) is 0 Å². The number of rotatable bonds is 0. The van der Waals surface area contributed by atoms with E-state index in [0.29, 0.717) is 23.9 Å². The fourth-order valence-corrected chi connectivity index (χ4v) is 3.04. The van der Waals surface area contributed by atoms with Gasteiger partial charge in [0.05, 0.1) is 5.92 Å². The summed E-state index contributed by atoms with van der Waals surface area (Å²) in [7, 11) is 0. The van der Waals surface area contributed by atoms with E-state index >= 15 is 0 Å². The van der Waals surface area contributed by atoms with Crippen LogP contribution in [0.1, 0.15) is 48.6 Å². The highest BCUT2D eigenvalue weighted by atomic mass is 16.3. The number of Topliss-reactive ketones (excluding diaryl/α,β-unsaturated/α-hetero) is 1. The van der Waals surface area contributed by atoms with E-state index in [1.807, 2.05) is 6.07 Å². The molecule has 2 heteroatoms. The number of carbonyl (C=O) groups excluding carboxylic acids is 1. The van der Waals surface area contributed by atoms with Gasteiger partial charge in [0.25, 0.3) is 0 Å². The Hall–Kier alpha value is -1.31. The molecule has 3 rings (SSSR count). The zero-order chi connectivity index (χ0) is 10.4. The second kappa shape index (κ2) is 3.09. The van der Waals surface area contributed by atoms with Gasteiger partial charge in [-0.15, -0.1) is 0 Å². The summed E-state index contributed by atoms with van der Waals surface area (Å²) >= 11 is 0. The van der Waals surface area contributed by atoms with Crippen LogP contribution in [0.15, 0.2) is 18.2 Å². The summed E-state index contributed by atoms with van der Waals surface area (Å²) < 4.78 is 0. The second-order valence-electron chi connectivity index (χ2n) is 4.58. The lowest BCUT2D eigenvalue weighted by molar-refractivity contribution is -0.121. The number of hydrogen-bond acceptors (Lipinski definition) is 2. The molecule has 15 heavy (non-hydrogen) atoms. The minimum absolute atomic E-state index is 0.00343. The molecule has 2 unspecified atom stereocenters. The van der Waals surface area contributed by atoms with Crippen LogP contribution < -0.4 is 0 Å². The molecule has 0 amide bonds. The molecule has 2 aliphatic rings. The summed E-state index contributed by atoms with van der Waals surface area (Å²) in [5, 5.41) is 9.75. The van der Waals surface area contributed by atoms with Gasteiger partial charge in [-0.1, -0.05) is 18.6 Å². The molecule has 0 heterocycles. The molecule has 1 aromatic rings. The third kappa shape index (κ3) is 1.14. The summed E-state index contributed by atoms with van der Waals surface area (Å²) in [5.74, 6) is 1.03. The van der Waals surface area contributed by atoms with E-state index in [1.165, 1.54) is 5.56 Å². The van der Waals surface area contributed by atoms with E-state index in [4.69, 9.17) is 0 Å². The number of ketones is 1. The minimum Gasteiger partial charge on any atom is -0.508 e. The maximum absolute atomic E-state index is 11.9. The molecular formula is C13H14O2. The molecule has 1 saturated carbocycles. The number of phenols is 1. The first-order chi connectivity index (χ1) is 7.29. The van der Waals surface area contributed by atoms with Gasteiger partial charge in [0.1, 0.15) is 11.5 Å². The third-order valence-corrected chi connectivity index (χ3v) is 3.76. The van der Waals surface area contributed by atoms with Crippen molar-refractivity contribution < 1.29 is 9.90 Å². The smallest absolute Gasteiger partial charge is 0.141 e. The van der Waals surface area contributed by atoms with Gasteiger partial charge >= 0.3 is 0 Å².